The number of nitrogens with two attached hydrogens (primary N) is 1. The van der Waals surface area contributed by atoms with Crippen molar-refractivity contribution in [2.45, 2.75) is 39.3 Å². The highest BCUT2D eigenvalue weighted by molar-refractivity contribution is 7.11. The highest BCUT2D eigenvalue weighted by Gasteiger charge is 2.26. The van der Waals surface area contributed by atoms with E-state index in [0.29, 0.717) is 12.1 Å². The van der Waals surface area contributed by atoms with E-state index in [1.165, 1.54) is 10.6 Å². The first kappa shape index (κ1) is 11.0. The Hall–Kier alpha value is -0.450. The second-order valence-corrected chi connectivity index (χ2v) is 5.64. The largest absolute Gasteiger partial charge is 0.326 e. The van der Waals surface area contributed by atoms with Gasteiger partial charge in [-0.25, -0.2) is 4.98 Å². The van der Waals surface area contributed by atoms with Gasteiger partial charge >= 0.3 is 0 Å². The summed E-state index contributed by atoms with van der Waals surface area (Å²) in [5, 5.41) is 1.16. The third kappa shape index (κ3) is 2.22. The number of hydrogen-bond donors (Lipinski definition) is 1. The van der Waals surface area contributed by atoms with E-state index in [1.807, 2.05) is 11.3 Å². The van der Waals surface area contributed by atoms with Crippen LogP contribution in [-0.4, -0.2) is 29.0 Å². The summed E-state index contributed by atoms with van der Waals surface area (Å²) < 4.78 is 0. The molecule has 1 aliphatic heterocycles. The van der Waals surface area contributed by atoms with Gasteiger partial charge in [0.05, 0.1) is 10.7 Å². The zero-order valence-corrected chi connectivity index (χ0v) is 10.5. The van der Waals surface area contributed by atoms with E-state index < -0.39 is 0 Å². The Morgan fingerprint density at radius 1 is 1.53 bits per heavy atom. The van der Waals surface area contributed by atoms with E-state index in [2.05, 4.69) is 30.7 Å². The molecule has 2 heterocycles. The van der Waals surface area contributed by atoms with Crippen LogP contribution in [0, 0.1) is 13.8 Å². The van der Waals surface area contributed by atoms with Crippen molar-refractivity contribution in [3.05, 3.63) is 15.6 Å². The Labute approximate surface area is 95.3 Å². The Morgan fingerprint density at radius 3 is 2.73 bits per heavy atom. The van der Waals surface area contributed by atoms with Crippen LogP contribution in [0.15, 0.2) is 0 Å². The number of thiazole rings is 1. The lowest BCUT2D eigenvalue weighted by Crippen LogP contribution is -2.28. The molecule has 3 nitrogen and oxygen atoms in total. The first-order valence-corrected chi connectivity index (χ1v) is 6.33. The van der Waals surface area contributed by atoms with Gasteiger partial charge in [-0.3, -0.25) is 4.90 Å². The van der Waals surface area contributed by atoms with E-state index >= 15 is 0 Å². The second-order valence-electron chi connectivity index (χ2n) is 4.40. The predicted octanol–water partition coefficient (Wildman–Crippen LogP) is 1.85. The summed E-state index contributed by atoms with van der Waals surface area (Å²) in [4.78, 5) is 8.35. The second kappa shape index (κ2) is 4.20. The molecule has 1 saturated heterocycles. The van der Waals surface area contributed by atoms with Crippen LogP contribution in [0.4, 0.5) is 0 Å². The normalized spacial score (nSPS) is 24.7. The minimum atomic E-state index is 0.363. The first-order valence-electron chi connectivity index (χ1n) is 5.51. The summed E-state index contributed by atoms with van der Waals surface area (Å²) in [6, 6.07) is 0.839. The quantitative estimate of drug-likeness (QED) is 0.835. The molecule has 0 spiro atoms. The summed E-state index contributed by atoms with van der Waals surface area (Å²) in [5.41, 5.74) is 7.12. The molecule has 0 radical (unpaired) electrons. The number of hydrogen-bond acceptors (Lipinski definition) is 4. The summed E-state index contributed by atoms with van der Waals surface area (Å²) in [6.07, 6.45) is 1.13. The average molecular weight is 225 g/mol. The molecule has 2 unspecified atom stereocenters. The van der Waals surface area contributed by atoms with Gasteiger partial charge in [0.2, 0.25) is 0 Å². The molecule has 4 heteroatoms. The monoisotopic (exact) mass is 225 g/mol. The van der Waals surface area contributed by atoms with Crippen LogP contribution in [0.5, 0.6) is 0 Å². The van der Waals surface area contributed by atoms with Crippen molar-refractivity contribution >= 4 is 11.3 Å². The Kier molecular flexibility index (Phi) is 3.09. The van der Waals surface area contributed by atoms with E-state index in [1.54, 1.807) is 0 Å². The zero-order valence-electron chi connectivity index (χ0n) is 9.66. The predicted molar refractivity (Wildman–Crippen MR) is 64.2 cm³/mol. The molecule has 0 aliphatic carbocycles. The standard InChI is InChI=1S/C11H19N3S/c1-7-11(15-9(3)13-7)8(2)14-5-4-10(12)6-14/h8,10H,4-6,12H2,1-3H3. The van der Waals surface area contributed by atoms with E-state index in [9.17, 15) is 0 Å². The molecule has 15 heavy (non-hydrogen) atoms. The van der Waals surface area contributed by atoms with Crippen molar-refractivity contribution in [2.24, 2.45) is 5.73 Å². The molecule has 2 atom stereocenters. The van der Waals surface area contributed by atoms with Crippen molar-refractivity contribution in [1.29, 1.82) is 0 Å². The molecular weight excluding hydrogens is 206 g/mol. The topological polar surface area (TPSA) is 42.2 Å². The van der Waals surface area contributed by atoms with Crippen LogP contribution in [0.3, 0.4) is 0 Å². The van der Waals surface area contributed by atoms with Crippen LogP contribution >= 0.6 is 11.3 Å². The fourth-order valence-electron chi connectivity index (χ4n) is 2.27. The van der Waals surface area contributed by atoms with Crippen LogP contribution < -0.4 is 5.73 Å². The Bertz CT molecular complexity index is 348. The lowest BCUT2D eigenvalue weighted by Gasteiger charge is -2.23. The fraction of sp³-hybridized carbons (Fsp3) is 0.727. The molecule has 1 aromatic heterocycles. The molecule has 1 aliphatic rings. The third-order valence-electron chi connectivity index (χ3n) is 3.12. The molecule has 0 amide bonds. The van der Waals surface area contributed by atoms with Crippen molar-refractivity contribution in [1.82, 2.24) is 9.88 Å². The fourth-order valence-corrected chi connectivity index (χ4v) is 3.28. The molecule has 84 valence electrons. The molecule has 0 bridgehead atoms. The maximum absolute atomic E-state index is 5.93. The number of aryl methyl sites for hydroxylation is 2. The molecule has 0 aromatic carbocycles. The van der Waals surface area contributed by atoms with Crippen LogP contribution in [0.2, 0.25) is 0 Å². The average Bonchev–Trinajstić information content (AvgIpc) is 2.71. The van der Waals surface area contributed by atoms with E-state index in [4.69, 9.17) is 5.73 Å². The molecule has 1 fully saturated rings. The Balaban J connectivity index is 2.13. The zero-order chi connectivity index (χ0) is 11.0. The summed E-state index contributed by atoms with van der Waals surface area (Å²) in [7, 11) is 0. The number of rotatable bonds is 2. The van der Waals surface area contributed by atoms with Gasteiger partial charge in [0.1, 0.15) is 0 Å². The SMILES string of the molecule is Cc1nc(C)c(C(C)N2CCC(N)C2)s1. The van der Waals surface area contributed by atoms with Gasteiger partial charge in [0.15, 0.2) is 0 Å². The van der Waals surface area contributed by atoms with Crippen molar-refractivity contribution in [3.63, 3.8) is 0 Å². The summed E-state index contributed by atoms with van der Waals surface area (Å²) in [6.45, 7) is 8.59. The maximum Gasteiger partial charge on any atom is 0.0900 e. The van der Waals surface area contributed by atoms with Gasteiger partial charge in [-0.15, -0.1) is 11.3 Å². The van der Waals surface area contributed by atoms with Crippen molar-refractivity contribution in [3.8, 4) is 0 Å². The summed E-state index contributed by atoms with van der Waals surface area (Å²) in [5.74, 6) is 0. The number of aromatic nitrogens is 1. The highest BCUT2D eigenvalue weighted by atomic mass is 32.1. The van der Waals surface area contributed by atoms with Gasteiger partial charge < -0.3 is 5.73 Å². The minimum absolute atomic E-state index is 0.363. The maximum atomic E-state index is 5.93. The van der Waals surface area contributed by atoms with Crippen LogP contribution in [-0.2, 0) is 0 Å². The number of likely N-dealkylation sites (tertiary alicyclic amines) is 1. The smallest absolute Gasteiger partial charge is 0.0900 e. The van der Waals surface area contributed by atoms with Crippen LogP contribution in [0.1, 0.15) is 35.0 Å². The Morgan fingerprint density at radius 2 is 2.27 bits per heavy atom. The molecule has 0 saturated carbocycles. The lowest BCUT2D eigenvalue weighted by atomic mass is 10.2. The first-order chi connectivity index (χ1) is 7.08. The molecule has 1 aromatic rings. The van der Waals surface area contributed by atoms with E-state index in [0.717, 1.165) is 24.5 Å². The highest BCUT2D eigenvalue weighted by Crippen LogP contribution is 2.30. The van der Waals surface area contributed by atoms with Gasteiger partial charge in [-0.05, 0) is 27.2 Å². The molecule has 2 N–H and O–H groups in total. The van der Waals surface area contributed by atoms with Gasteiger partial charge in [0, 0.05) is 30.1 Å². The minimum Gasteiger partial charge on any atom is -0.326 e. The van der Waals surface area contributed by atoms with Gasteiger partial charge in [0.25, 0.3) is 0 Å². The number of nitrogens with zero attached hydrogens (tertiary/aromatic N) is 2. The van der Waals surface area contributed by atoms with Gasteiger partial charge in [-0.2, -0.15) is 0 Å². The molecule has 2 rings (SSSR count). The lowest BCUT2D eigenvalue weighted by molar-refractivity contribution is 0.262. The summed E-state index contributed by atoms with van der Waals surface area (Å²) >= 11 is 1.82. The van der Waals surface area contributed by atoms with Crippen LogP contribution in [0.25, 0.3) is 0 Å². The van der Waals surface area contributed by atoms with Crippen molar-refractivity contribution in [2.75, 3.05) is 13.1 Å². The molecular formula is C11H19N3S. The van der Waals surface area contributed by atoms with Gasteiger partial charge in [-0.1, -0.05) is 0 Å². The third-order valence-corrected chi connectivity index (χ3v) is 4.37. The van der Waals surface area contributed by atoms with E-state index in [-0.39, 0.29) is 0 Å². The van der Waals surface area contributed by atoms with Crippen molar-refractivity contribution < 1.29 is 0 Å².